The zero-order valence-corrected chi connectivity index (χ0v) is 21.0. The molecule has 2 aliphatic rings. The number of benzene rings is 3. The Balaban J connectivity index is 1.27. The van der Waals surface area contributed by atoms with Crippen LogP contribution in [0.15, 0.2) is 64.0 Å². The third kappa shape index (κ3) is 4.33. The lowest BCUT2D eigenvalue weighted by molar-refractivity contribution is 0.0696. The van der Waals surface area contributed by atoms with Crippen LogP contribution < -0.4 is 9.47 Å². The number of halogens is 1. The van der Waals surface area contributed by atoms with Gasteiger partial charge in [-0.15, -0.1) is 11.8 Å². The van der Waals surface area contributed by atoms with Crippen LogP contribution in [0, 0.1) is 6.92 Å². The number of nitrogens with zero attached hydrogens (tertiary/aromatic N) is 1. The zero-order valence-electron chi connectivity index (χ0n) is 19.4. The average molecular weight is 520 g/mol. The molecule has 0 unspecified atom stereocenters. The van der Waals surface area contributed by atoms with E-state index in [9.17, 15) is 9.90 Å². The van der Waals surface area contributed by atoms with Gasteiger partial charge in [0.1, 0.15) is 35.3 Å². The summed E-state index contributed by atoms with van der Waals surface area (Å²) < 4.78 is 18.1. The van der Waals surface area contributed by atoms with Crippen molar-refractivity contribution in [3.63, 3.8) is 0 Å². The van der Waals surface area contributed by atoms with Gasteiger partial charge in [0.2, 0.25) is 0 Å². The SMILES string of the molecule is Cc1cccc(Cl)c1-c1noc(C2CC2)c1COc1ccc2c(c1)SCc1ccc(C(=O)O)cc1O2. The molecule has 2 heterocycles. The fourth-order valence-electron chi connectivity index (χ4n) is 4.36. The van der Waals surface area contributed by atoms with Gasteiger partial charge < -0.3 is 19.1 Å². The highest BCUT2D eigenvalue weighted by atomic mass is 35.5. The highest BCUT2D eigenvalue weighted by Crippen LogP contribution is 2.46. The number of hydrogen-bond donors (Lipinski definition) is 1. The van der Waals surface area contributed by atoms with Crippen LogP contribution in [0.25, 0.3) is 11.3 Å². The molecule has 36 heavy (non-hydrogen) atoms. The van der Waals surface area contributed by atoms with Crippen LogP contribution in [-0.2, 0) is 12.4 Å². The predicted octanol–water partition coefficient (Wildman–Crippen LogP) is 7.86. The summed E-state index contributed by atoms with van der Waals surface area (Å²) in [5, 5.41) is 14.3. The molecule has 0 bridgehead atoms. The molecule has 0 amide bonds. The molecule has 1 aliphatic carbocycles. The fraction of sp³-hybridized carbons (Fsp3) is 0.214. The van der Waals surface area contributed by atoms with Gasteiger partial charge in [0, 0.05) is 22.8 Å². The number of aromatic nitrogens is 1. The van der Waals surface area contributed by atoms with Crippen LogP contribution in [0.2, 0.25) is 5.02 Å². The number of carbonyl (C=O) groups is 1. The first-order valence-electron chi connectivity index (χ1n) is 11.7. The lowest BCUT2D eigenvalue weighted by Crippen LogP contribution is -2.00. The van der Waals surface area contributed by atoms with E-state index in [4.69, 9.17) is 25.6 Å². The van der Waals surface area contributed by atoms with Gasteiger partial charge in [-0.3, -0.25) is 0 Å². The van der Waals surface area contributed by atoms with Crippen molar-refractivity contribution in [2.75, 3.05) is 0 Å². The van der Waals surface area contributed by atoms with Crippen LogP contribution in [0.5, 0.6) is 17.2 Å². The van der Waals surface area contributed by atoms with Crippen molar-refractivity contribution in [1.29, 1.82) is 0 Å². The molecule has 0 saturated heterocycles. The van der Waals surface area contributed by atoms with E-state index in [0.717, 1.165) is 51.4 Å². The topological polar surface area (TPSA) is 81.8 Å². The van der Waals surface area contributed by atoms with Crippen LogP contribution in [0.3, 0.4) is 0 Å². The summed E-state index contributed by atoms with van der Waals surface area (Å²) in [5.41, 5.74) is 4.72. The van der Waals surface area contributed by atoms with E-state index >= 15 is 0 Å². The van der Waals surface area contributed by atoms with Gasteiger partial charge in [-0.2, -0.15) is 0 Å². The second-order valence-electron chi connectivity index (χ2n) is 9.00. The van der Waals surface area contributed by atoms with Crippen molar-refractivity contribution < 1.29 is 23.9 Å². The number of aryl methyl sites for hydroxylation is 1. The second kappa shape index (κ2) is 9.22. The quantitative estimate of drug-likeness (QED) is 0.277. The minimum Gasteiger partial charge on any atom is -0.489 e. The summed E-state index contributed by atoms with van der Waals surface area (Å²) >= 11 is 8.17. The molecule has 0 spiro atoms. The Hall–Kier alpha value is -3.42. The van der Waals surface area contributed by atoms with Crippen molar-refractivity contribution in [1.82, 2.24) is 5.16 Å². The molecule has 1 fully saturated rings. The Morgan fingerprint density at radius 1 is 1.17 bits per heavy atom. The normalized spacial score (nSPS) is 14.4. The largest absolute Gasteiger partial charge is 0.489 e. The maximum atomic E-state index is 11.4. The lowest BCUT2D eigenvalue weighted by atomic mass is 10.0. The van der Waals surface area contributed by atoms with Crippen LogP contribution in [-0.4, -0.2) is 16.2 Å². The lowest BCUT2D eigenvalue weighted by Gasteiger charge is -2.12. The van der Waals surface area contributed by atoms with E-state index in [2.05, 4.69) is 5.16 Å². The van der Waals surface area contributed by atoms with Gasteiger partial charge in [-0.05, 0) is 61.7 Å². The van der Waals surface area contributed by atoms with Crippen LogP contribution in [0.1, 0.15) is 51.6 Å². The number of thioether (sulfide) groups is 1. The minimum absolute atomic E-state index is 0.201. The van der Waals surface area contributed by atoms with E-state index < -0.39 is 5.97 Å². The number of carboxylic acid groups (broad SMARTS) is 1. The monoisotopic (exact) mass is 519 g/mol. The first kappa shape index (κ1) is 23.0. The van der Waals surface area contributed by atoms with Gasteiger partial charge in [0.25, 0.3) is 0 Å². The maximum Gasteiger partial charge on any atom is 0.335 e. The minimum atomic E-state index is -0.979. The number of carboxylic acids is 1. The third-order valence-electron chi connectivity index (χ3n) is 6.44. The molecule has 0 atom stereocenters. The molecule has 1 aliphatic heterocycles. The molecule has 6 nitrogen and oxygen atoms in total. The zero-order chi connectivity index (χ0) is 24.8. The van der Waals surface area contributed by atoms with Crippen molar-refractivity contribution in [2.45, 2.75) is 42.9 Å². The smallest absolute Gasteiger partial charge is 0.335 e. The molecule has 1 aromatic heterocycles. The molecular formula is C28H22ClNO5S. The number of rotatable bonds is 6. The van der Waals surface area contributed by atoms with Crippen LogP contribution >= 0.6 is 23.4 Å². The molecule has 4 aromatic rings. The third-order valence-corrected chi connectivity index (χ3v) is 7.84. The van der Waals surface area contributed by atoms with Gasteiger partial charge >= 0.3 is 5.97 Å². The first-order chi connectivity index (χ1) is 17.5. The van der Waals surface area contributed by atoms with E-state index in [1.807, 2.05) is 43.3 Å². The first-order valence-corrected chi connectivity index (χ1v) is 13.0. The summed E-state index contributed by atoms with van der Waals surface area (Å²) in [6.45, 7) is 2.32. The number of fused-ring (bicyclic) bond motifs is 2. The van der Waals surface area contributed by atoms with E-state index in [0.29, 0.717) is 40.5 Å². The van der Waals surface area contributed by atoms with Gasteiger partial charge in [-0.1, -0.05) is 35.0 Å². The molecular weight excluding hydrogens is 498 g/mol. The summed E-state index contributed by atoms with van der Waals surface area (Å²) in [6, 6.07) is 16.4. The molecule has 6 rings (SSSR count). The predicted molar refractivity (Wildman–Crippen MR) is 137 cm³/mol. The van der Waals surface area contributed by atoms with E-state index in [-0.39, 0.29) is 5.56 Å². The molecule has 1 saturated carbocycles. The average Bonchev–Trinajstić information content (AvgIpc) is 3.65. The second-order valence-corrected chi connectivity index (χ2v) is 10.4. The Morgan fingerprint density at radius 3 is 2.81 bits per heavy atom. The Kier molecular flexibility index (Phi) is 5.90. The Bertz CT molecular complexity index is 1470. The summed E-state index contributed by atoms with van der Waals surface area (Å²) in [6.07, 6.45) is 2.17. The van der Waals surface area contributed by atoms with Crippen molar-refractivity contribution in [3.05, 3.63) is 87.6 Å². The van der Waals surface area contributed by atoms with E-state index in [1.54, 1.807) is 30.0 Å². The standard InChI is InChI=1S/C28H22ClNO5S/c1-15-3-2-4-21(29)25(15)26-20(27(35-30-26)16-5-6-16)13-33-19-9-10-22-24(12-19)36-14-18-8-7-17(28(31)32)11-23(18)34-22/h2-4,7-12,16H,5-6,13-14H2,1H3,(H,31,32). The van der Waals surface area contributed by atoms with E-state index in [1.165, 1.54) is 0 Å². The fourth-order valence-corrected chi connectivity index (χ4v) is 5.67. The number of hydrogen-bond acceptors (Lipinski definition) is 6. The van der Waals surface area contributed by atoms with Crippen LogP contribution in [0.4, 0.5) is 0 Å². The van der Waals surface area contributed by atoms with Gasteiger partial charge in [0.05, 0.1) is 21.0 Å². The van der Waals surface area contributed by atoms with Gasteiger partial charge in [0.15, 0.2) is 0 Å². The Morgan fingerprint density at radius 2 is 2.03 bits per heavy atom. The highest BCUT2D eigenvalue weighted by Gasteiger charge is 2.33. The van der Waals surface area contributed by atoms with Crippen molar-refractivity contribution >= 4 is 29.3 Å². The molecule has 0 radical (unpaired) electrons. The maximum absolute atomic E-state index is 11.4. The molecule has 182 valence electrons. The molecule has 8 heteroatoms. The Labute approximate surface area is 217 Å². The highest BCUT2D eigenvalue weighted by molar-refractivity contribution is 7.98. The summed E-state index contributed by atoms with van der Waals surface area (Å²) in [5.74, 6) is 2.87. The van der Waals surface area contributed by atoms with Gasteiger partial charge in [-0.25, -0.2) is 4.79 Å². The number of aromatic carboxylic acids is 1. The number of ether oxygens (including phenoxy) is 2. The van der Waals surface area contributed by atoms with Crippen molar-refractivity contribution in [3.8, 4) is 28.5 Å². The summed E-state index contributed by atoms with van der Waals surface area (Å²) in [7, 11) is 0. The molecule has 1 N–H and O–H groups in total. The molecule has 3 aromatic carbocycles. The summed E-state index contributed by atoms with van der Waals surface area (Å²) in [4.78, 5) is 12.3. The van der Waals surface area contributed by atoms with Crippen molar-refractivity contribution in [2.24, 2.45) is 0 Å².